The molecule has 2 rings (SSSR count). The number of hydrogen-bond donors (Lipinski definition) is 1. The maximum absolute atomic E-state index is 11.4. The minimum Gasteiger partial charge on any atom is -0.464 e. The number of anilines is 1. The Morgan fingerprint density at radius 2 is 2.28 bits per heavy atom. The van der Waals surface area contributed by atoms with E-state index in [1.807, 2.05) is 12.1 Å². The van der Waals surface area contributed by atoms with Crippen LogP contribution in [0.4, 0.5) is 5.00 Å². The first-order chi connectivity index (χ1) is 8.52. The molecule has 0 amide bonds. The van der Waals surface area contributed by atoms with Crippen molar-refractivity contribution in [2.45, 2.75) is 0 Å². The van der Waals surface area contributed by atoms with Gasteiger partial charge in [0.25, 0.3) is 0 Å². The molecule has 0 saturated heterocycles. The Kier molecular flexibility index (Phi) is 3.89. The lowest BCUT2D eigenvalue weighted by Crippen LogP contribution is -2.04. The Bertz CT molecular complexity index is 615. The number of hydrogen-bond acceptors (Lipinski definition) is 5. The van der Waals surface area contributed by atoms with Crippen molar-refractivity contribution in [2.75, 3.05) is 12.8 Å². The van der Waals surface area contributed by atoms with E-state index < -0.39 is 5.97 Å². The van der Waals surface area contributed by atoms with Crippen LogP contribution in [0.1, 0.15) is 10.5 Å². The molecule has 0 fully saturated rings. The second-order valence-electron chi connectivity index (χ2n) is 3.35. The van der Waals surface area contributed by atoms with E-state index >= 15 is 0 Å². The molecule has 0 radical (unpaired) electrons. The molecule has 0 spiro atoms. The first-order valence-electron chi connectivity index (χ1n) is 4.83. The molecule has 0 saturated carbocycles. The highest BCUT2D eigenvalue weighted by Gasteiger charge is 2.18. The molecule has 0 aliphatic rings. The summed E-state index contributed by atoms with van der Waals surface area (Å²) in [5.41, 5.74) is 6.59. The number of benzene rings is 1. The number of nitrogens with two attached hydrogens (primary N) is 1. The zero-order valence-electron chi connectivity index (χ0n) is 9.24. The smallest absolute Gasteiger partial charge is 0.359 e. The molecule has 0 bridgehead atoms. The van der Waals surface area contributed by atoms with Crippen LogP contribution in [0.2, 0.25) is 5.02 Å². The van der Waals surface area contributed by atoms with Gasteiger partial charge in [-0.2, -0.15) is 0 Å². The predicted octanol–water partition coefficient (Wildman–Crippen LogP) is 3.59. The lowest BCUT2D eigenvalue weighted by atomic mass is 10.2. The summed E-state index contributed by atoms with van der Waals surface area (Å²) in [5.74, 6) is -0.553. The topological polar surface area (TPSA) is 65.2 Å². The molecule has 94 valence electrons. The molecular weight excluding hydrogens is 340 g/mol. The fourth-order valence-electron chi connectivity index (χ4n) is 1.35. The van der Waals surface area contributed by atoms with E-state index in [9.17, 15) is 4.79 Å². The Labute approximate surface area is 121 Å². The van der Waals surface area contributed by atoms with Crippen molar-refractivity contribution in [3.8, 4) is 10.6 Å². The third kappa shape index (κ3) is 2.50. The van der Waals surface area contributed by atoms with Gasteiger partial charge in [-0.3, -0.25) is 0 Å². The number of nitrogen functional groups attached to an aromatic ring is 1. The molecule has 0 aliphatic heterocycles. The molecule has 0 aliphatic carbocycles. The molecule has 1 heterocycles. The van der Waals surface area contributed by atoms with Crippen molar-refractivity contribution < 1.29 is 9.53 Å². The predicted molar refractivity (Wildman–Crippen MR) is 76.0 cm³/mol. The number of nitrogens with zero attached hydrogens (tertiary/aromatic N) is 1. The Morgan fingerprint density at radius 1 is 1.56 bits per heavy atom. The van der Waals surface area contributed by atoms with Crippen LogP contribution in [0.3, 0.4) is 0 Å². The van der Waals surface area contributed by atoms with Crippen LogP contribution < -0.4 is 5.73 Å². The van der Waals surface area contributed by atoms with Gasteiger partial charge in [0.05, 0.1) is 12.1 Å². The average molecular weight is 348 g/mol. The number of thiazole rings is 1. The van der Waals surface area contributed by atoms with E-state index in [-0.39, 0.29) is 5.69 Å². The van der Waals surface area contributed by atoms with Gasteiger partial charge in [-0.1, -0.05) is 38.9 Å². The molecule has 1 aromatic carbocycles. The second kappa shape index (κ2) is 5.26. The van der Waals surface area contributed by atoms with Gasteiger partial charge in [0.2, 0.25) is 0 Å². The van der Waals surface area contributed by atoms with E-state index in [0.717, 1.165) is 10.0 Å². The lowest BCUT2D eigenvalue weighted by Gasteiger charge is -2.00. The summed E-state index contributed by atoms with van der Waals surface area (Å²) in [7, 11) is 1.29. The fraction of sp³-hybridized carbons (Fsp3) is 0.0909. The molecular formula is C11H8BrClN2O2S. The molecule has 2 N–H and O–H groups in total. The first kappa shape index (κ1) is 13.3. The standard InChI is InChI=1S/C11H8BrClN2O2S/c1-17-11(16)8-9(14)18-10(15-8)6-3-2-5(12)4-7(6)13/h2-4H,14H2,1H3. The molecule has 4 nitrogen and oxygen atoms in total. The molecule has 2 aromatic rings. The van der Waals surface area contributed by atoms with Crippen LogP contribution in [-0.2, 0) is 4.74 Å². The van der Waals surface area contributed by atoms with Gasteiger partial charge in [0.15, 0.2) is 5.69 Å². The summed E-state index contributed by atoms with van der Waals surface area (Å²) in [6.45, 7) is 0. The van der Waals surface area contributed by atoms with Gasteiger partial charge in [-0.05, 0) is 18.2 Å². The number of methoxy groups -OCH3 is 1. The van der Waals surface area contributed by atoms with Crippen LogP contribution >= 0.6 is 38.9 Å². The van der Waals surface area contributed by atoms with Crippen LogP contribution in [0, 0.1) is 0 Å². The van der Waals surface area contributed by atoms with Gasteiger partial charge < -0.3 is 10.5 Å². The third-order valence-corrected chi connectivity index (χ3v) is 3.92. The van der Waals surface area contributed by atoms with E-state index in [4.69, 9.17) is 17.3 Å². The summed E-state index contributed by atoms with van der Waals surface area (Å²) in [5, 5.41) is 1.44. The molecule has 18 heavy (non-hydrogen) atoms. The Balaban J connectivity index is 2.49. The van der Waals surface area contributed by atoms with Crippen molar-refractivity contribution in [2.24, 2.45) is 0 Å². The van der Waals surface area contributed by atoms with E-state index in [1.54, 1.807) is 6.07 Å². The Morgan fingerprint density at radius 3 is 2.89 bits per heavy atom. The molecule has 0 unspecified atom stereocenters. The summed E-state index contributed by atoms with van der Waals surface area (Å²) in [6.07, 6.45) is 0. The summed E-state index contributed by atoms with van der Waals surface area (Å²) >= 11 is 10.6. The van der Waals surface area contributed by atoms with Crippen molar-refractivity contribution >= 4 is 49.8 Å². The van der Waals surface area contributed by atoms with Gasteiger partial charge >= 0.3 is 5.97 Å². The minimum atomic E-state index is -0.553. The number of halogens is 2. The highest BCUT2D eigenvalue weighted by Crippen LogP contribution is 2.35. The number of carbonyl (C=O) groups is 1. The number of esters is 1. The average Bonchev–Trinajstić information content (AvgIpc) is 2.70. The monoisotopic (exact) mass is 346 g/mol. The van der Waals surface area contributed by atoms with Gasteiger partial charge in [0, 0.05) is 10.0 Å². The fourth-order valence-corrected chi connectivity index (χ4v) is 3.03. The zero-order valence-corrected chi connectivity index (χ0v) is 12.4. The maximum atomic E-state index is 11.4. The summed E-state index contributed by atoms with van der Waals surface area (Å²) in [4.78, 5) is 15.6. The third-order valence-electron chi connectivity index (χ3n) is 2.19. The minimum absolute atomic E-state index is 0.122. The van der Waals surface area contributed by atoms with E-state index in [2.05, 4.69) is 25.7 Å². The van der Waals surface area contributed by atoms with Crippen molar-refractivity contribution in [3.63, 3.8) is 0 Å². The SMILES string of the molecule is COC(=O)c1nc(-c2ccc(Br)cc2Cl)sc1N. The highest BCUT2D eigenvalue weighted by molar-refractivity contribution is 9.10. The maximum Gasteiger partial charge on any atom is 0.359 e. The van der Waals surface area contributed by atoms with E-state index in [0.29, 0.717) is 15.0 Å². The molecule has 7 heteroatoms. The quantitative estimate of drug-likeness (QED) is 0.843. The number of carbonyl (C=O) groups excluding carboxylic acids is 1. The second-order valence-corrected chi connectivity index (χ2v) is 5.70. The number of aromatic nitrogens is 1. The van der Waals surface area contributed by atoms with E-state index in [1.165, 1.54) is 18.4 Å². The first-order valence-corrected chi connectivity index (χ1v) is 6.81. The molecule has 0 atom stereocenters. The van der Waals surface area contributed by atoms with Crippen molar-refractivity contribution in [1.29, 1.82) is 0 Å². The highest BCUT2D eigenvalue weighted by atomic mass is 79.9. The van der Waals surface area contributed by atoms with Crippen LogP contribution in [-0.4, -0.2) is 18.1 Å². The lowest BCUT2D eigenvalue weighted by molar-refractivity contribution is 0.0596. The van der Waals surface area contributed by atoms with Gasteiger partial charge in [0.1, 0.15) is 10.0 Å². The zero-order chi connectivity index (χ0) is 13.3. The largest absolute Gasteiger partial charge is 0.464 e. The summed E-state index contributed by atoms with van der Waals surface area (Å²) in [6, 6.07) is 5.41. The number of rotatable bonds is 2. The van der Waals surface area contributed by atoms with Gasteiger partial charge in [-0.15, -0.1) is 0 Å². The van der Waals surface area contributed by atoms with Crippen LogP contribution in [0.25, 0.3) is 10.6 Å². The van der Waals surface area contributed by atoms with Crippen LogP contribution in [0.5, 0.6) is 0 Å². The number of ether oxygens (including phenoxy) is 1. The molecule has 1 aromatic heterocycles. The summed E-state index contributed by atoms with van der Waals surface area (Å²) < 4.78 is 5.47. The normalized spacial score (nSPS) is 10.4. The van der Waals surface area contributed by atoms with Gasteiger partial charge in [-0.25, -0.2) is 9.78 Å². The van der Waals surface area contributed by atoms with Crippen LogP contribution in [0.15, 0.2) is 22.7 Å². The van der Waals surface area contributed by atoms with Crippen molar-refractivity contribution in [1.82, 2.24) is 4.98 Å². The Hall–Kier alpha value is -1.11. The van der Waals surface area contributed by atoms with Crippen molar-refractivity contribution in [3.05, 3.63) is 33.4 Å².